The first-order valence-corrected chi connectivity index (χ1v) is 5.28. The molecule has 0 heteroatoms. The van der Waals surface area contributed by atoms with Gasteiger partial charge in [-0.3, -0.25) is 0 Å². The van der Waals surface area contributed by atoms with Gasteiger partial charge in [-0.1, -0.05) is 55.2 Å². The van der Waals surface area contributed by atoms with Gasteiger partial charge in [0.05, 0.1) is 0 Å². The van der Waals surface area contributed by atoms with E-state index in [0.717, 1.165) is 6.42 Å². The number of hydrogen-bond acceptors (Lipinski definition) is 0. The molecule has 0 spiro atoms. The molecule has 0 aromatic rings. The Labute approximate surface area is 92.7 Å². The zero-order valence-corrected chi connectivity index (χ0v) is 9.53. The second kappa shape index (κ2) is 6.02. The van der Waals surface area contributed by atoms with Crippen LogP contribution in [0.2, 0.25) is 0 Å². The van der Waals surface area contributed by atoms with Gasteiger partial charge in [-0.15, -0.1) is 0 Å². The first-order chi connectivity index (χ1) is 7.29. The smallest absolute Gasteiger partial charge is 0.00883 e. The van der Waals surface area contributed by atoms with Crippen LogP contribution in [0.15, 0.2) is 71.9 Å². The van der Waals surface area contributed by atoms with Crippen LogP contribution in [-0.2, 0) is 0 Å². The molecular weight excluding hydrogens is 180 g/mol. The lowest BCUT2D eigenvalue weighted by molar-refractivity contribution is 1.20. The third-order valence-electron chi connectivity index (χ3n) is 2.48. The summed E-state index contributed by atoms with van der Waals surface area (Å²) >= 11 is 0. The maximum atomic E-state index is 3.77. The zero-order valence-electron chi connectivity index (χ0n) is 9.53. The summed E-state index contributed by atoms with van der Waals surface area (Å²) in [5, 5.41) is 0. The van der Waals surface area contributed by atoms with Gasteiger partial charge < -0.3 is 0 Å². The molecule has 1 aliphatic carbocycles. The van der Waals surface area contributed by atoms with Gasteiger partial charge in [0, 0.05) is 0 Å². The molecule has 0 saturated heterocycles. The Morgan fingerprint density at radius 1 is 1.33 bits per heavy atom. The Hall–Kier alpha value is -1.56. The summed E-state index contributed by atoms with van der Waals surface area (Å²) < 4.78 is 0. The summed E-state index contributed by atoms with van der Waals surface area (Å²) in [4.78, 5) is 0. The van der Waals surface area contributed by atoms with Gasteiger partial charge in [0.2, 0.25) is 0 Å². The number of hydrogen-bond donors (Lipinski definition) is 0. The molecule has 0 nitrogen and oxygen atoms in total. The summed E-state index contributed by atoms with van der Waals surface area (Å²) in [6, 6.07) is 0. The number of allylic oxidation sites excluding steroid dienone is 11. The largest absolute Gasteiger partial charge is 0.0990 e. The van der Waals surface area contributed by atoms with Crippen LogP contribution in [0.4, 0.5) is 0 Å². The molecule has 15 heavy (non-hydrogen) atoms. The lowest BCUT2D eigenvalue weighted by Gasteiger charge is -2.09. The van der Waals surface area contributed by atoms with E-state index in [4.69, 9.17) is 0 Å². The van der Waals surface area contributed by atoms with Crippen LogP contribution in [0.1, 0.15) is 20.3 Å². The molecule has 0 aliphatic heterocycles. The van der Waals surface area contributed by atoms with Gasteiger partial charge >= 0.3 is 0 Å². The molecule has 0 heterocycles. The van der Waals surface area contributed by atoms with Crippen molar-refractivity contribution in [2.24, 2.45) is 0 Å². The van der Waals surface area contributed by atoms with Gasteiger partial charge in [-0.2, -0.15) is 0 Å². The second-order valence-electron chi connectivity index (χ2n) is 3.50. The molecule has 0 amide bonds. The minimum Gasteiger partial charge on any atom is -0.0990 e. The van der Waals surface area contributed by atoms with Crippen LogP contribution >= 0.6 is 0 Å². The summed E-state index contributed by atoms with van der Waals surface area (Å²) in [5.41, 5.74) is 3.92. The van der Waals surface area contributed by atoms with Crippen LogP contribution < -0.4 is 0 Å². The van der Waals surface area contributed by atoms with Crippen molar-refractivity contribution in [3.05, 3.63) is 71.9 Å². The molecular formula is C15H18. The Bertz CT molecular complexity index is 371. The fourth-order valence-corrected chi connectivity index (χ4v) is 1.54. The average Bonchev–Trinajstić information content (AvgIpc) is 2.53. The lowest BCUT2D eigenvalue weighted by atomic mass is 9.95. The summed E-state index contributed by atoms with van der Waals surface area (Å²) in [5.74, 6) is 0. The monoisotopic (exact) mass is 198 g/mol. The average molecular weight is 198 g/mol. The summed E-state index contributed by atoms with van der Waals surface area (Å²) in [6.45, 7) is 7.97. The van der Waals surface area contributed by atoms with Crippen molar-refractivity contribution >= 4 is 0 Å². The lowest BCUT2D eigenvalue weighted by Crippen LogP contribution is -1.90. The van der Waals surface area contributed by atoms with Crippen molar-refractivity contribution in [1.82, 2.24) is 0 Å². The van der Waals surface area contributed by atoms with Crippen molar-refractivity contribution in [1.29, 1.82) is 0 Å². The SMILES string of the molecule is C=C/C=C(C1=CC=CC=CC1)\C(C)=C/C. The van der Waals surface area contributed by atoms with Crippen molar-refractivity contribution < 1.29 is 0 Å². The fraction of sp³-hybridized carbons (Fsp3) is 0.200. The highest BCUT2D eigenvalue weighted by atomic mass is 14.1. The molecule has 0 fully saturated rings. The van der Waals surface area contributed by atoms with Gasteiger partial charge in [0.25, 0.3) is 0 Å². The van der Waals surface area contributed by atoms with E-state index in [9.17, 15) is 0 Å². The quantitative estimate of drug-likeness (QED) is 0.585. The minimum absolute atomic E-state index is 0.984. The normalized spacial score (nSPS) is 17.3. The molecule has 78 valence electrons. The Balaban J connectivity index is 3.05. The Kier molecular flexibility index (Phi) is 4.62. The highest BCUT2D eigenvalue weighted by Gasteiger charge is 2.04. The van der Waals surface area contributed by atoms with Crippen molar-refractivity contribution in [2.75, 3.05) is 0 Å². The molecule has 0 aromatic carbocycles. The molecule has 0 atom stereocenters. The zero-order chi connectivity index (χ0) is 11.1. The molecule has 0 bridgehead atoms. The topological polar surface area (TPSA) is 0 Å². The van der Waals surface area contributed by atoms with Crippen molar-refractivity contribution in [3.8, 4) is 0 Å². The molecule has 0 N–H and O–H groups in total. The van der Waals surface area contributed by atoms with Crippen LogP contribution in [0, 0.1) is 0 Å². The van der Waals surface area contributed by atoms with E-state index in [1.807, 2.05) is 6.08 Å². The number of rotatable bonds is 3. The van der Waals surface area contributed by atoms with E-state index in [0.29, 0.717) is 0 Å². The van der Waals surface area contributed by atoms with Crippen LogP contribution in [0.25, 0.3) is 0 Å². The van der Waals surface area contributed by atoms with E-state index in [1.165, 1.54) is 16.7 Å². The molecule has 0 aromatic heterocycles. The molecule has 1 rings (SSSR count). The first-order valence-electron chi connectivity index (χ1n) is 5.28. The molecule has 0 saturated carbocycles. The van der Waals surface area contributed by atoms with Crippen LogP contribution in [0.5, 0.6) is 0 Å². The van der Waals surface area contributed by atoms with Gasteiger partial charge in [-0.05, 0) is 37.0 Å². The molecule has 1 aliphatic rings. The highest BCUT2D eigenvalue weighted by Crippen LogP contribution is 2.23. The van der Waals surface area contributed by atoms with Crippen molar-refractivity contribution in [2.45, 2.75) is 20.3 Å². The highest BCUT2D eigenvalue weighted by molar-refractivity contribution is 5.50. The van der Waals surface area contributed by atoms with E-state index in [2.05, 4.69) is 63.0 Å². The summed E-state index contributed by atoms with van der Waals surface area (Å²) in [6.07, 6.45) is 17.6. The van der Waals surface area contributed by atoms with E-state index < -0.39 is 0 Å². The Morgan fingerprint density at radius 2 is 2.13 bits per heavy atom. The third kappa shape index (κ3) is 3.25. The van der Waals surface area contributed by atoms with Crippen LogP contribution in [-0.4, -0.2) is 0 Å². The molecule has 0 radical (unpaired) electrons. The maximum Gasteiger partial charge on any atom is -0.00883 e. The van der Waals surface area contributed by atoms with Gasteiger partial charge in [0.1, 0.15) is 0 Å². The van der Waals surface area contributed by atoms with Gasteiger partial charge in [-0.25, -0.2) is 0 Å². The van der Waals surface area contributed by atoms with E-state index >= 15 is 0 Å². The first kappa shape index (κ1) is 11.5. The molecule has 0 unspecified atom stereocenters. The summed E-state index contributed by atoms with van der Waals surface area (Å²) in [7, 11) is 0. The van der Waals surface area contributed by atoms with Gasteiger partial charge in [0.15, 0.2) is 0 Å². The third-order valence-corrected chi connectivity index (χ3v) is 2.48. The van der Waals surface area contributed by atoms with Crippen molar-refractivity contribution in [3.63, 3.8) is 0 Å². The maximum absolute atomic E-state index is 3.77. The van der Waals surface area contributed by atoms with E-state index in [-0.39, 0.29) is 0 Å². The van der Waals surface area contributed by atoms with Crippen LogP contribution in [0.3, 0.4) is 0 Å². The Morgan fingerprint density at radius 3 is 2.80 bits per heavy atom. The predicted molar refractivity (Wildman–Crippen MR) is 68.7 cm³/mol. The standard InChI is InChI=1S/C15H18/c1-4-10-15(13(3)5-2)14-11-8-6-7-9-12-14/h4-11H,1,12H2,2-3H3/b13-5-,15-10+. The predicted octanol–water partition coefficient (Wildman–Crippen LogP) is 4.51. The minimum atomic E-state index is 0.984. The fourth-order valence-electron chi connectivity index (χ4n) is 1.54. The second-order valence-corrected chi connectivity index (χ2v) is 3.50. The van der Waals surface area contributed by atoms with E-state index in [1.54, 1.807) is 0 Å².